The summed E-state index contributed by atoms with van der Waals surface area (Å²) in [4.78, 5) is 42.8. The number of rotatable bonds is 4. The molecule has 3 aromatic rings. The minimum absolute atomic E-state index is 0.0300. The smallest absolute Gasteiger partial charge is 0.411 e. The molecule has 1 aromatic carbocycles. The molecule has 3 aliphatic rings. The monoisotopic (exact) mass is 668 g/mol. The molecule has 2 fully saturated rings. The lowest BCUT2D eigenvalue weighted by atomic mass is 9.95. The molecule has 1 aliphatic carbocycles. The molecule has 2 aliphatic heterocycles. The van der Waals surface area contributed by atoms with Crippen LogP contribution in [0.2, 0.25) is 5.02 Å². The van der Waals surface area contributed by atoms with E-state index in [0.717, 1.165) is 41.5 Å². The van der Waals surface area contributed by atoms with Gasteiger partial charge in [0.2, 0.25) is 5.91 Å². The van der Waals surface area contributed by atoms with Crippen molar-refractivity contribution in [1.82, 2.24) is 29.2 Å². The normalized spacial score (nSPS) is 22.6. The molecular weight excluding hydrogens is 632 g/mol. The van der Waals surface area contributed by atoms with Gasteiger partial charge in [-0.1, -0.05) is 17.7 Å². The molecule has 0 saturated carbocycles. The topological polar surface area (TPSA) is 83.8 Å². The molecule has 11 heteroatoms. The van der Waals surface area contributed by atoms with E-state index in [0.29, 0.717) is 43.7 Å². The van der Waals surface area contributed by atoms with Gasteiger partial charge in [-0.25, -0.2) is 9.78 Å². The zero-order chi connectivity index (χ0) is 30.3. The first-order valence-electron chi connectivity index (χ1n) is 15.0. The van der Waals surface area contributed by atoms with Crippen molar-refractivity contribution < 1.29 is 14.3 Å². The maximum Gasteiger partial charge on any atom is 0.411 e. The molecule has 0 N–H and O–H groups in total. The maximum atomic E-state index is 14.3. The first kappa shape index (κ1) is 30.1. The Kier molecular flexibility index (Phi) is 8.54. The second-order valence-corrected chi connectivity index (χ2v) is 14.2. The predicted molar refractivity (Wildman–Crippen MR) is 168 cm³/mol. The Balaban J connectivity index is 1.31. The van der Waals surface area contributed by atoms with Gasteiger partial charge in [-0.05, 0) is 96.8 Å². The molecule has 0 radical (unpaired) electrons. The summed E-state index contributed by atoms with van der Waals surface area (Å²) in [7, 11) is 0. The lowest BCUT2D eigenvalue weighted by Gasteiger charge is -2.44. The highest BCUT2D eigenvalue weighted by molar-refractivity contribution is 9.10. The number of nitrogens with zero attached hydrogens (tertiary/aromatic N) is 6. The summed E-state index contributed by atoms with van der Waals surface area (Å²) in [5.41, 5.74) is 3.83. The summed E-state index contributed by atoms with van der Waals surface area (Å²) in [5, 5.41) is 0.708. The van der Waals surface area contributed by atoms with Gasteiger partial charge in [-0.3, -0.25) is 19.6 Å². The lowest BCUT2D eigenvalue weighted by Crippen LogP contribution is -2.62. The molecule has 2 aromatic heterocycles. The van der Waals surface area contributed by atoms with Crippen molar-refractivity contribution in [3.05, 3.63) is 81.1 Å². The minimum Gasteiger partial charge on any atom is -0.444 e. The van der Waals surface area contributed by atoms with Crippen molar-refractivity contribution in [2.45, 2.75) is 64.3 Å². The number of piperazine rings is 1. The Morgan fingerprint density at radius 2 is 1.91 bits per heavy atom. The van der Waals surface area contributed by atoms with Gasteiger partial charge >= 0.3 is 6.09 Å². The molecule has 1 unspecified atom stereocenters. The van der Waals surface area contributed by atoms with Crippen LogP contribution in [0.25, 0.3) is 0 Å². The molecule has 0 bridgehead atoms. The summed E-state index contributed by atoms with van der Waals surface area (Å²) in [6, 6.07) is 7.39. The van der Waals surface area contributed by atoms with Crippen LogP contribution in [0.5, 0.6) is 0 Å². The summed E-state index contributed by atoms with van der Waals surface area (Å²) in [5.74, 6) is 0.304. The first-order chi connectivity index (χ1) is 20.6. The quantitative estimate of drug-likeness (QED) is 0.373. The number of hydrogen-bond acceptors (Lipinski definition) is 6. The Hall–Kier alpha value is -2.95. The highest BCUT2D eigenvalue weighted by atomic mass is 79.9. The molecule has 2 amide bonds. The van der Waals surface area contributed by atoms with E-state index in [1.54, 1.807) is 11.1 Å². The summed E-state index contributed by atoms with van der Waals surface area (Å²) in [6.45, 7) is 9.03. The van der Waals surface area contributed by atoms with Gasteiger partial charge in [0.15, 0.2) is 0 Å². The average Bonchev–Trinajstić information content (AvgIpc) is 3.62. The zero-order valence-electron chi connectivity index (χ0n) is 24.9. The predicted octanol–water partition coefficient (Wildman–Crippen LogP) is 5.35. The third-order valence-corrected chi connectivity index (χ3v) is 9.27. The molecule has 4 heterocycles. The number of pyridine rings is 1. The van der Waals surface area contributed by atoms with Crippen molar-refractivity contribution in [2.75, 3.05) is 32.7 Å². The molecule has 6 rings (SSSR count). The molecule has 43 heavy (non-hydrogen) atoms. The highest BCUT2D eigenvalue weighted by Crippen LogP contribution is 2.39. The van der Waals surface area contributed by atoms with E-state index in [4.69, 9.17) is 21.3 Å². The van der Waals surface area contributed by atoms with Crippen molar-refractivity contribution >= 4 is 39.5 Å². The number of fused-ring (bicyclic) bond motifs is 2. The fourth-order valence-electron chi connectivity index (χ4n) is 6.66. The van der Waals surface area contributed by atoms with E-state index >= 15 is 0 Å². The van der Waals surface area contributed by atoms with Crippen LogP contribution < -0.4 is 0 Å². The van der Waals surface area contributed by atoms with Crippen LogP contribution in [0.4, 0.5) is 4.79 Å². The van der Waals surface area contributed by atoms with Crippen molar-refractivity contribution in [1.29, 1.82) is 0 Å². The number of carbonyl (C=O) groups excluding carboxylic acids is 2. The standard InChI is InChI=1S/C32H38BrClN6O3/c1-32(2,3)43-31(42)40-13-12-38(19-27(40)30(41)39-10-8-21(18-39)17-37-11-9-35-20-37)29-26-7-6-25(34)15-22(26)4-5-23-14-24(33)16-36-28(23)29/h6-7,9,11,14-16,20-21,27,29H,4-5,8,10,12-13,17-19H2,1-3H3/t21-,27+,29?/m0/s1. The van der Waals surface area contributed by atoms with Gasteiger partial charge in [0.05, 0.1) is 18.1 Å². The number of amides is 2. The van der Waals surface area contributed by atoms with Crippen LogP contribution in [0, 0.1) is 5.92 Å². The van der Waals surface area contributed by atoms with E-state index in [9.17, 15) is 9.59 Å². The van der Waals surface area contributed by atoms with E-state index in [2.05, 4.69) is 48.6 Å². The number of aromatic nitrogens is 3. The van der Waals surface area contributed by atoms with Crippen LogP contribution in [0.3, 0.4) is 0 Å². The zero-order valence-corrected chi connectivity index (χ0v) is 27.2. The molecule has 0 spiro atoms. The van der Waals surface area contributed by atoms with Crippen LogP contribution in [-0.2, 0) is 28.9 Å². The largest absolute Gasteiger partial charge is 0.444 e. The van der Waals surface area contributed by atoms with Crippen molar-refractivity contribution in [3.8, 4) is 0 Å². The van der Waals surface area contributed by atoms with Gasteiger partial charge in [0.25, 0.3) is 0 Å². The number of halogens is 2. The number of likely N-dealkylation sites (tertiary alicyclic amines) is 1. The van der Waals surface area contributed by atoms with Crippen molar-refractivity contribution in [2.24, 2.45) is 5.92 Å². The molecule has 228 valence electrons. The van der Waals surface area contributed by atoms with Gasteiger partial charge in [-0.15, -0.1) is 0 Å². The third-order valence-electron chi connectivity index (χ3n) is 8.61. The number of imidazole rings is 1. The number of ether oxygens (including phenoxy) is 1. The van der Waals surface area contributed by atoms with E-state index < -0.39 is 17.7 Å². The lowest BCUT2D eigenvalue weighted by molar-refractivity contribution is -0.138. The molecular formula is C32H38BrClN6O3. The summed E-state index contributed by atoms with van der Waals surface area (Å²) < 4.78 is 8.81. The van der Waals surface area contributed by atoms with Crippen LogP contribution in [0.15, 0.2) is 53.7 Å². The number of benzene rings is 1. The summed E-state index contributed by atoms with van der Waals surface area (Å²) >= 11 is 10.1. The average molecular weight is 670 g/mol. The second kappa shape index (κ2) is 12.2. The fourth-order valence-corrected chi connectivity index (χ4v) is 7.23. The third kappa shape index (κ3) is 6.61. The van der Waals surface area contributed by atoms with Gasteiger partial charge < -0.3 is 14.2 Å². The number of carbonyl (C=O) groups is 2. The SMILES string of the molecule is CC(C)(C)OC(=O)N1CCN(C2c3ccc(Cl)cc3CCc3cc(Br)cnc32)C[C@@H]1C(=O)N1CC[C@@H](Cn2ccnc2)C1. The van der Waals surface area contributed by atoms with Gasteiger partial charge in [0, 0.05) is 67.4 Å². The molecule has 9 nitrogen and oxygen atoms in total. The van der Waals surface area contributed by atoms with Crippen LogP contribution in [-0.4, -0.2) is 85.6 Å². The Bertz CT molecular complexity index is 1440. The van der Waals surface area contributed by atoms with Crippen molar-refractivity contribution in [3.63, 3.8) is 0 Å². The Labute approximate surface area is 266 Å². The fraction of sp³-hybridized carbons (Fsp3) is 0.500. The number of hydrogen-bond donors (Lipinski definition) is 0. The maximum absolute atomic E-state index is 14.3. The van der Waals surface area contributed by atoms with Crippen LogP contribution >= 0.6 is 27.5 Å². The van der Waals surface area contributed by atoms with E-state index in [1.807, 2.05) is 50.5 Å². The van der Waals surface area contributed by atoms with E-state index in [-0.39, 0.29) is 11.9 Å². The van der Waals surface area contributed by atoms with Gasteiger partial charge in [-0.2, -0.15) is 0 Å². The Morgan fingerprint density at radius 3 is 2.67 bits per heavy atom. The first-order valence-corrected chi connectivity index (χ1v) is 16.1. The minimum atomic E-state index is -0.673. The highest BCUT2D eigenvalue weighted by Gasteiger charge is 2.44. The Morgan fingerprint density at radius 1 is 1.09 bits per heavy atom. The number of aryl methyl sites for hydroxylation is 2. The van der Waals surface area contributed by atoms with Gasteiger partial charge in [0.1, 0.15) is 11.6 Å². The summed E-state index contributed by atoms with van der Waals surface area (Å²) in [6.07, 6.45) is 9.55. The molecule has 2 saturated heterocycles. The van der Waals surface area contributed by atoms with E-state index in [1.165, 1.54) is 11.1 Å². The second-order valence-electron chi connectivity index (χ2n) is 12.8. The van der Waals surface area contributed by atoms with Crippen LogP contribution in [0.1, 0.15) is 55.6 Å². The molecule has 3 atom stereocenters.